The van der Waals surface area contributed by atoms with Crippen LogP contribution < -0.4 is 10.5 Å². The van der Waals surface area contributed by atoms with Crippen molar-refractivity contribution in [1.82, 2.24) is 0 Å². The van der Waals surface area contributed by atoms with E-state index in [-0.39, 0.29) is 6.54 Å². The van der Waals surface area contributed by atoms with Gasteiger partial charge in [-0.05, 0) is 18.6 Å². The maximum atomic E-state index is 9.65. The summed E-state index contributed by atoms with van der Waals surface area (Å²) in [5.41, 5.74) is 7.07. The van der Waals surface area contributed by atoms with Gasteiger partial charge >= 0.3 is 0 Å². The van der Waals surface area contributed by atoms with Gasteiger partial charge in [-0.25, -0.2) is 0 Å². The Morgan fingerprint density at radius 1 is 1.53 bits per heavy atom. The van der Waals surface area contributed by atoms with E-state index in [4.69, 9.17) is 10.5 Å². The largest absolute Gasteiger partial charge is 0.489 e. The van der Waals surface area contributed by atoms with Gasteiger partial charge in [0, 0.05) is 12.1 Å². The van der Waals surface area contributed by atoms with Crippen molar-refractivity contribution >= 4 is 0 Å². The molecule has 1 atom stereocenters. The highest BCUT2D eigenvalue weighted by Crippen LogP contribution is 2.24. The zero-order valence-electron chi connectivity index (χ0n) is 8.94. The molecular weight excluding hydrogens is 190 g/mol. The molecule has 3 nitrogen and oxygen atoms in total. The summed E-state index contributed by atoms with van der Waals surface area (Å²) in [5, 5.41) is 9.65. The molecule has 0 saturated carbocycles. The Hall–Kier alpha value is -1.32. The van der Waals surface area contributed by atoms with Crippen LogP contribution in [0.2, 0.25) is 0 Å². The average Bonchev–Trinajstić information content (AvgIpc) is 2.25. The van der Waals surface area contributed by atoms with Gasteiger partial charge in [0.2, 0.25) is 0 Å². The summed E-state index contributed by atoms with van der Waals surface area (Å²) < 4.78 is 5.51. The van der Waals surface area contributed by atoms with Gasteiger partial charge in [-0.2, -0.15) is 0 Å². The Balaban J connectivity index is 2.81. The van der Waals surface area contributed by atoms with Gasteiger partial charge in [0.05, 0.1) is 6.10 Å². The lowest BCUT2D eigenvalue weighted by Crippen LogP contribution is -2.13. The van der Waals surface area contributed by atoms with Crippen molar-refractivity contribution in [2.24, 2.45) is 5.73 Å². The molecule has 1 aromatic rings. The van der Waals surface area contributed by atoms with E-state index in [1.54, 1.807) is 0 Å². The third-order valence-corrected chi connectivity index (χ3v) is 1.98. The minimum Gasteiger partial charge on any atom is -0.489 e. The van der Waals surface area contributed by atoms with E-state index in [0.717, 1.165) is 11.1 Å². The fraction of sp³-hybridized carbons (Fsp3) is 0.333. The average molecular weight is 207 g/mol. The summed E-state index contributed by atoms with van der Waals surface area (Å²) in [5.74, 6) is 0.665. The van der Waals surface area contributed by atoms with Crippen molar-refractivity contribution in [1.29, 1.82) is 0 Å². The quantitative estimate of drug-likeness (QED) is 0.721. The van der Waals surface area contributed by atoms with E-state index < -0.39 is 6.10 Å². The lowest BCUT2D eigenvalue weighted by molar-refractivity contribution is 0.180. The SMILES string of the molecule is C=C(C)COc1ccccc1C(O)CN. The minimum atomic E-state index is -0.675. The second kappa shape index (κ2) is 5.53. The number of aliphatic hydroxyl groups excluding tert-OH is 1. The highest BCUT2D eigenvalue weighted by molar-refractivity contribution is 5.35. The minimum absolute atomic E-state index is 0.188. The molecule has 3 N–H and O–H groups in total. The molecule has 0 fully saturated rings. The third-order valence-electron chi connectivity index (χ3n) is 1.98. The van der Waals surface area contributed by atoms with Crippen LogP contribution in [0, 0.1) is 0 Å². The monoisotopic (exact) mass is 207 g/mol. The van der Waals surface area contributed by atoms with Crippen LogP contribution in [0.4, 0.5) is 0 Å². The number of aliphatic hydroxyl groups is 1. The molecule has 0 heterocycles. The number of rotatable bonds is 5. The Morgan fingerprint density at radius 3 is 2.80 bits per heavy atom. The number of benzene rings is 1. The lowest BCUT2D eigenvalue weighted by Gasteiger charge is -2.14. The van der Waals surface area contributed by atoms with Crippen molar-refractivity contribution in [3.8, 4) is 5.75 Å². The van der Waals surface area contributed by atoms with Crippen LogP contribution in [0.1, 0.15) is 18.6 Å². The summed E-state index contributed by atoms with van der Waals surface area (Å²) in [7, 11) is 0. The third kappa shape index (κ3) is 3.38. The molecule has 15 heavy (non-hydrogen) atoms. The number of ether oxygens (including phenoxy) is 1. The first-order valence-electron chi connectivity index (χ1n) is 4.89. The van der Waals surface area contributed by atoms with Crippen LogP contribution in [0.3, 0.4) is 0 Å². The molecule has 0 aliphatic carbocycles. The predicted octanol–water partition coefficient (Wildman–Crippen LogP) is 1.63. The Morgan fingerprint density at radius 2 is 2.20 bits per heavy atom. The zero-order valence-corrected chi connectivity index (χ0v) is 8.94. The van der Waals surface area contributed by atoms with Gasteiger partial charge < -0.3 is 15.6 Å². The van der Waals surface area contributed by atoms with Crippen molar-refractivity contribution in [3.63, 3.8) is 0 Å². The number of para-hydroxylation sites is 1. The van der Waals surface area contributed by atoms with E-state index in [9.17, 15) is 5.11 Å². The topological polar surface area (TPSA) is 55.5 Å². The number of hydrogen-bond donors (Lipinski definition) is 2. The first-order chi connectivity index (χ1) is 7.15. The fourth-order valence-corrected chi connectivity index (χ4v) is 1.22. The van der Waals surface area contributed by atoms with Crippen LogP contribution in [0.15, 0.2) is 36.4 Å². The fourth-order valence-electron chi connectivity index (χ4n) is 1.22. The van der Waals surface area contributed by atoms with E-state index in [1.807, 2.05) is 31.2 Å². The van der Waals surface area contributed by atoms with Crippen molar-refractivity contribution < 1.29 is 9.84 Å². The summed E-state index contributed by atoms with van der Waals surface area (Å²) >= 11 is 0. The first-order valence-corrected chi connectivity index (χ1v) is 4.89. The Kier molecular flexibility index (Phi) is 4.34. The van der Waals surface area contributed by atoms with Gasteiger partial charge in [0.15, 0.2) is 0 Å². The summed E-state index contributed by atoms with van der Waals surface area (Å²) in [6.07, 6.45) is -0.675. The molecule has 0 aliphatic heterocycles. The molecular formula is C12H17NO2. The van der Waals surface area contributed by atoms with E-state index >= 15 is 0 Å². The highest BCUT2D eigenvalue weighted by atomic mass is 16.5. The molecule has 0 aliphatic rings. The molecule has 1 rings (SSSR count). The molecule has 82 valence electrons. The first kappa shape index (κ1) is 11.8. The van der Waals surface area contributed by atoms with Gasteiger partial charge in [0.25, 0.3) is 0 Å². The van der Waals surface area contributed by atoms with Gasteiger partial charge in [-0.1, -0.05) is 24.8 Å². The van der Waals surface area contributed by atoms with Gasteiger partial charge in [-0.15, -0.1) is 0 Å². The number of nitrogens with two attached hydrogens (primary N) is 1. The molecule has 1 aromatic carbocycles. The van der Waals surface area contributed by atoms with E-state index in [2.05, 4.69) is 6.58 Å². The van der Waals surface area contributed by atoms with Crippen LogP contribution in [-0.2, 0) is 0 Å². The van der Waals surface area contributed by atoms with Crippen molar-refractivity contribution in [2.45, 2.75) is 13.0 Å². The Labute approximate surface area is 90.2 Å². The maximum Gasteiger partial charge on any atom is 0.125 e. The van der Waals surface area contributed by atoms with Gasteiger partial charge in [0.1, 0.15) is 12.4 Å². The molecule has 0 saturated heterocycles. The normalized spacial score (nSPS) is 12.2. The Bertz CT molecular complexity index is 336. The van der Waals surface area contributed by atoms with Gasteiger partial charge in [-0.3, -0.25) is 0 Å². The standard InChI is InChI=1S/C12H17NO2/c1-9(2)8-15-12-6-4-3-5-10(12)11(14)7-13/h3-6,11,14H,1,7-8,13H2,2H3. The van der Waals surface area contributed by atoms with Crippen LogP contribution in [0.25, 0.3) is 0 Å². The maximum absolute atomic E-state index is 9.65. The molecule has 0 amide bonds. The second-order valence-electron chi connectivity index (χ2n) is 3.54. The molecule has 3 heteroatoms. The summed E-state index contributed by atoms with van der Waals surface area (Å²) in [6, 6.07) is 7.34. The molecule has 0 bridgehead atoms. The zero-order chi connectivity index (χ0) is 11.3. The molecule has 0 radical (unpaired) electrons. The van der Waals surface area contributed by atoms with E-state index in [0.29, 0.717) is 12.4 Å². The molecule has 0 spiro atoms. The number of hydrogen-bond acceptors (Lipinski definition) is 3. The van der Waals surface area contributed by atoms with Crippen LogP contribution in [0.5, 0.6) is 5.75 Å². The van der Waals surface area contributed by atoms with Crippen molar-refractivity contribution in [3.05, 3.63) is 42.0 Å². The predicted molar refractivity (Wildman–Crippen MR) is 60.8 cm³/mol. The lowest BCUT2D eigenvalue weighted by atomic mass is 10.1. The molecule has 0 aromatic heterocycles. The summed E-state index contributed by atoms with van der Waals surface area (Å²) in [4.78, 5) is 0. The highest BCUT2D eigenvalue weighted by Gasteiger charge is 2.10. The van der Waals surface area contributed by atoms with Crippen LogP contribution >= 0.6 is 0 Å². The molecule has 1 unspecified atom stereocenters. The smallest absolute Gasteiger partial charge is 0.125 e. The van der Waals surface area contributed by atoms with E-state index in [1.165, 1.54) is 0 Å². The van der Waals surface area contributed by atoms with Crippen LogP contribution in [-0.4, -0.2) is 18.3 Å². The summed E-state index contributed by atoms with van der Waals surface area (Å²) in [6.45, 7) is 6.28. The van der Waals surface area contributed by atoms with Crippen molar-refractivity contribution in [2.75, 3.05) is 13.2 Å². The second-order valence-corrected chi connectivity index (χ2v) is 3.54.